The molecule has 2 nitrogen and oxygen atoms in total. The lowest BCUT2D eigenvalue weighted by Crippen LogP contribution is -1.75. The molecule has 0 spiro atoms. The molecule has 0 unspecified atom stereocenters. The molecular formula is C4H5BNOS. The van der Waals surface area contributed by atoms with Crippen LogP contribution in [0, 0.1) is 0 Å². The molecule has 0 saturated heterocycles. The van der Waals surface area contributed by atoms with Crippen LogP contribution in [0.5, 0.6) is 0 Å². The van der Waals surface area contributed by atoms with E-state index in [9.17, 15) is 0 Å². The van der Waals surface area contributed by atoms with Crippen molar-refractivity contribution in [2.45, 2.75) is 6.61 Å². The van der Waals surface area contributed by atoms with Crippen molar-refractivity contribution in [1.29, 1.82) is 0 Å². The summed E-state index contributed by atoms with van der Waals surface area (Å²) in [5.74, 6) is 0. The number of nitrogens with zero attached hydrogens (tertiary/aromatic N) is 1. The summed E-state index contributed by atoms with van der Waals surface area (Å²) in [6.07, 6.45) is 1.68. The quantitative estimate of drug-likeness (QED) is 0.547. The average molecular weight is 126 g/mol. The lowest BCUT2D eigenvalue weighted by Gasteiger charge is -1.77. The maximum Gasteiger partial charge on any atom is 0.118 e. The van der Waals surface area contributed by atoms with Crippen molar-refractivity contribution < 1.29 is 5.11 Å². The van der Waals surface area contributed by atoms with Gasteiger partial charge in [-0.05, 0) is 0 Å². The number of rotatable bonds is 1. The minimum Gasteiger partial charge on any atom is -0.389 e. The van der Waals surface area contributed by atoms with Gasteiger partial charge in [0.15, 0.2) is 0 Å². The van der Waals surface area contributed by atoms with Gasteiger partial charge in [0.05, 0.1) is 6.61 Å². The van der Waals surface area contributed by atoms with Crippen LogP contribution in [0.3, 0.4) is 0 Å². The molecule has 1 heterocycles. The zero-order valence-corrected chi connectivity index (χ0v) is 5.06. The third-order valence-corrected chi connectivity index (χ3v) is 1.38. The van der Waals surface area contributed by atoms with Gasteiger partial charge in [-0.15, -0.1) is 11.3 Å². The standard InChI is InChI=1S/C4H5NOS.B/c6-3-4-5-1-2-7-4;/h1-2,6H,3H2;. The third kappa shape index (κ3) is 1.64. The van der Waals surface area contributed by atoms with E-state index in [1.165, 1.54) is 11.3 Å². The Kier molecular flexibility index (Phi) is 3.48. The van der Waals surface area contributed by atoms with E-state index in [0.29, 0.717) is 0 Å². The molecule has 1 N–H and O–H groups in total. The van der Waals surface area contributed by atoms with Crippen LogP contribution in [0.15, 0.2) is 11.6 Å². The van der Waals surface area contributed by atoms with E-state index < -0.39 is 0 Å². The molecule has 0 atom stereocenters. The summed E-state index contributed by atoms with van der Waals surface area (Å²) >= 11 is 1.46. The molecule has 3 radical (unpaired) electrons. The van der Waals surface area contributed by atoms with Gasteiger partial charge in [-0.1, -0.05) is 0 Å². The first-order valence-corrected chi connectivity index (χ1v) is 2.80. The lowest BCUT2D eigenvalue weighted by atomic mass is 10.8. The minimum absolute atomic E-state index is 0. The van der Waals surface area contributed by atoms with Crippen molar-refractivity contribution in [1.82, 2.24) is 4.98 Å². The van der Waals surface area contributed by atoms with Crippen LogP contribution in [0.4, 0.5) is 0 Å². The number of aromatic nitrogens is 1. The molecule has 0 bridgehead atoms. The Morgan fingerprint density at radius 1 is 1.75 bits per heavy atom. The molecule has 41 valence electrons. The Morgan fingerprint density at radius 2 is 2.50 bits per heavy atom. The smallest absolute Gasteiger partial charge is 0.118 e. The maximum absolute atomic E-state index is 8.37. The van der Waals surface area contributed by atoms with Gasteiger partial charge in [0, 0.05) is 20.0 Å². The Hall–Kier alpha value is -0.345. The molecule has 0 fully saturated rings. The van der Waals surface area contributed by atoms with Gasteiger partial charge in [0.25, 0.3) is 0 Å². The SMILES string of the molecule is OCc1nccs1.[B]. The second-order valence-electron chi connectivity index (χ2n) is 1.08. The molecule has 4 heteroatoms. The second-order valence-corrected chi connectivity index (χ2v) is 2.06. The molecule has 0 aliphatic carbocycles. The Balaban J connectivity index is 0.000000490. The van der Waals surface area contributed by atoms with Crippen molar-refractivity contribution in [3.05, 3.63) is 16.6 Å². The monoisotopic (exact) mass is 126 g/mol. The minimum atomic E-state index is 0. The topological polar surface area (TPSA) is 33.1 Å². The highest BCUT2D eigenvalue weighted by Gasteiger charge is 1.85. The first kappa shape index (κ1) is 7.65. The van der Waals surface area contributed by atoms with Crippen molar-refractivity contribution in [2.24, 2.45) is 0 Å². The van der Waals surface area contributed by atoms with Crippen LogP contribution in [0.2, 0.25) is 0 Å². The van der Waals surface area contributed by atoms with E-state index >= 15 is 0 Å². The summed E-state index contributed by atoms with van der Waals surface area (Å²) in [5, 5.41) is 11.0. The number of aliphatic hydroxyl groups excluding tert-OH is 1. The van der Waals surface area contributed by atoms with Gasteiger partial charge in [-0.3, -0.25) is 0 Å². The molecule has 0 aromatic carbocycles. The molecule has 1 aromatic rings. The average Bonchev–Trinajstić information content (AvgIpc) is 2.14. The predicted molar refractivity (Wildman–Crippen MR) is 33.8 cm³/mol. The van der Waals surface area contributed by atoms with E-state index in [-0.39, 0.29) is 15.0 Å². The number of hydrogen-bond acceptors (Lipinski definition) is 3. The van der Waals surface area contributed by atoms with E-state index in [2.05, 4.69) is 4.98 Å². The van der Waals surface area contributed by atoms with Crippen molar-refractivity contribution >= 4 is 19.7 Å². The van der Waals surface area contributed by atoms with Gasteiger partial charge in [-0.2, -0.15) is 0 Å². The van der Waals surface area contributed by atoms with Crippen LogP contribution in [0.25, 0.3) is 0 Å². The predicted octanol–water partition coefficient (Wildman–Crippen LogP) is 0.255. The fourth-order valence-electron chi connectivity index (χ4n) is 0.331. The summed E-state index contributed by atoms with van der Waals surface area (Å²) in [6.45, 7) is 0.0671. The van der Waals surface area contributed by atoms with Crippen molar-refractivity contribution in [3.8, 4) is 0 Å². The van der Waals surface area contributed by atoms with Gasteiger partial charge >= 0.3 is 0 Å². The van der Waals surface area contributed by atoms with Crippen LogP contribution >= 0.6 is 11.3 Å². The molecule has 0 amide bonds. The highest BCUT2D eigenvalue weighted by atomic mass is 32.1. The molecule has 8 heavy (non-hydrogen) atoms. The Morgan fingerprint density at radius 3 is 2.75 bits per heavy atom. The number of hydrogen-bond donors (Lipinski definition) is 1. The second kappa shape index (κ2) is 3.63. The van der Waals surface area contributed by atoms with Gasteiger partial charge < -0.3 is 5.11 Å². The molecule has 0 saturated carbocycles. The summed E-state index contributed by atoms with van der Waals surface area (Å²) in [6, 6.07) is 0. The largest absolute Gasteiger partial charge is 0.389 e. The molecule has 1 rings (SSSR count). The van der Waals surface area contributed by atoms with Crippen LogP contribution in [0.1, 0.15) is 5.01 Å². The normalized spacial score (nSPS) is 8.12. The van der Waals surface area contributed by atoms with Crippen LogP contribution in [-0.4, -0.2) is 18.5 Å². The fraction of sp³-hybridized carbons (Fsp3) is 0.250. The first-order valence-electron chi connectivity index (χ1n) is 1.92. The molecule has 0 aliphatic heterocycles. The zero-order valence-electron chi connectivity index (χ0n) is 4.24. The van der Waals surface area contributed by atoms with E-state index in [1.807, 2.05) is 5.38 Å². The summed E-state index contributed by atoms with van der Waals surface area (Å²) in [5.41, 5.74) is 0. The highest BCUT2D eigenvalue weighted by molar-refractivity contribution is 7.09. The van der Waals surface area contributed by atoms with Gasteiger partial charge in [0.2, 0.25) is 0 Å². The zero-order chi connectivity index (χ0) is 5.11. The summed E-state index contributed by atoms with van der Waals surface area (Å²) in [7, 11) is 0. The number of aliphatic hydroxyl groups is 1. The van der Waals surface area contributed by atoms with E-state index in [0.717, 1.165) is 5.01 Å². The summed E-state index contributed by atoms with van der Waals surface area (Å²) in [4.78, 5) is 3.80. The Bertz CT molecular complexity index is 131. The first-order chi connectivity index (χ1) is 3.43. The lowest BCUT2D eigenvalue weighted by molar-refractivity contribution is 0.281. The van der Waals surface area contributed by atoms with E-state index in [1.54, 1.807) is 6.20 Å². The highest BCUT2D eigenvalue weighted by Crippen LogP contribution is 2.01. The maximum atomic E-state index is 8.37. The van der Waals surface area contributed by atoms with Crippen LogP contribution in [-0.2, 0) is 6.61 Å². The third-order valence-electron chi connectivity index (χ3n) is 0.619. The van der Waals surface area contributed by atoms with Gasteiger partial charge in [-0.25, -0.2) is 4.98 Å². The van der Waals surface area contributed by atoms with E-state index in [4.69, 9.17) is 5.11 Å². The molecule has 0 aliphatic rings. The van der Waals surface area contributed by atoms with Crippen molar-refractivity contribution in [2.75, 3.05) is 0 Å². The number of thiazole rings is 1. The van der Waals surface area contributed by atoms with Crippen molar-refractivity contribution in [3.63, 3.8) is 0 Å². The molecular weight excluding hydrogens is 121 g/mol. The molecule has 1 aromatic heterocycles. The van der Waals surface area contributed by atoms with Crippen LogP contribution < -0.4 is 0 Å². The fourth-order valence-corrected chi connectivity index (χ4v) is 0.806. The van der Waals surface area contributed by atoms with Gasteiger partial charge in [0.1, 0.15) is 5.01 Å². The summed E-state index contributed by atoms with van der Waals surface area (Å²) < 4.78 is 0. The Labute approximate surface area is 53.8 Å².